The molecule has 10 heteroatoms. The zero-order valence-corrected chi connectivity index (χ0v) is 22.8. The highest BCUT2D eigenvalue weighted by atomic mass is 35.5. The van der Waals surface area contributed by atoms with Gasteiger partial charge in [-0.05, 0) is 22.6 Å². The standard InChI is InChI=1S/C28H35ClN4O5/c1-16(34)31-24(28(2,3)4)27(38)33-15-19(35)14-23(33)26(37)32-22(25(30)36)13-17-9-11-18(12-10-17)20-7-5-6-8-21(20)29/h5-12,19,22-24,35H,13-15H2,1-4H3,(H2,30,36)(H,31,34)(H,32,37)/t19-,22-,23+,24-/m1/s1. The van der Waals surface area contributed by atoms with Crippen LogP contribution in [0.3, 0.4) is 0 Å². The number of rotatable bonds is 8. The molecule has 4 amide bonds. The second-order valence-corrected chi connectivity index (χ2v) is 11.1. The van der Waals surface area contributed by atoms with Crippen molar-refractivity contribution in [3.8, 4) is 11.1 Å². The Hall–Kier alpha value is -3.43. The molecule has 4 atom stereocenters. The summed E-state index contributed by atoms with van der Waals surface area (Å²) in [6.45, 7) is 6.65. The summed E-state index contributed by atoms with van der Waals surface area (Å²) in [5, 5.41) is 16.2. The smallest absolute Gasteiger partial charge is 0.246 e. The number of hydrogen-bond acceptors (Lipinski definition) is 5. The first-order chi connectivity index (χ1) is 17.8. The molecule has 0 radical (unpaired) electrons. The third-order valence-electron chi connectivity index (χ3n) is 6.56. The van der Waals surface area contributed by atoms with E-state index in [1.165, 1.54) is 11.8 Å². The van der Waals surface area contributed by atoms with Crippen LogP contribution in [0.15, 0.2) is 48.5 Å². The molecule has 1 saturated heterocycles. The van der Waals surface area contributed by atoms with Crippen molar-refractivity contribution in [3.05, 3.63) is 59.1 Å². The highest BCUT2D eigenvalue weighted by molar-refractivity contribution is 6.33. The molecule has 0 bridgehead atoms. The van der Waals surface area contributed by atoms with Crippen molar-refractivity contribution in [3.63, 3.8) is 0 Å². The molecule has 3 rings (SSSR count). The van der Waals surface area contributed by atoms with Gasteiger partial charge in [0.15, 0.2) is 0 Å². The maximum absolute atomic E-state index is 13.4. The Morgan fingerprint density at radius 3 is 2.26 bits per heavy atom. The number of aliphatic hydroxyl groups excluding tert-OH is 1. The second kappa shape index (κ2) is 12.0. The highest BCUT2D eigenvalue weighted by Gasteiger charge is 2.44. The molecular formula is C28H35ClN4O5. The summed E-state index contributed by atoms with van der Waals surface area (Å²) in [4.78, 5) is 51.9. The van der Waals surface area contributed by atoms with Crippen LogP contribution in [0.2, 0.25) is 5.02 Å². The molecule has 9 nitrogen and oxygen atoms in total. The van der Waals surface area contributed by atoms with Crippen molar-refractivity contribution < 1.29 is 24.3 Å². The number of hydrogen-bond donors (Lipinski definition) is 4. The van der Waals surface area contributed by atoms with Gasteiger partial charge in [-0.2, -0.15) is 0 Å². The maximum Gasteiger partial charge on any atom is 0.246 e. The molecule has 1 heterocycles. The fourth-order valence-corrected chi connectivity index (χ4v) is 4.81. The van der Waals surface area contributed by atoms with Crippen LogP contribution in [0, 0.1) is 5.41 Å². The van der Waals surface area contributed by atoms with Crippen LogP contribution in [-0.2, 0) is 25.6 Å². The van der Waals surface area contributed by atoms with Crippen molar-refractivity contribution in [2.24, 2.45) is 11.1 Å². The summed E-state index contributed by atoms with van der Waals surface area (Å²) < 4.78 is 0. The summed E-state index contributed by atoms with van der Waals surface area (Å²) in [5.74, 6) is -2.18. The van der Waals surface area contributed by atoms with E-state index in [4.69, 9.17) is 17.3 Å². The molecule has 0 spiro atoms. The number of carbonyl (C=O) groups excluding carboxylic acids is 4. The minimum atomic E-state index is -1.03. The molecule has 0 aromatic heterocycles. The number of nitrogens with zero attached hydrogens (tertiary/aromatic N) is 1. The van der Waals surface area contributed by atoms with E-state index in [1.54, 1.807) is 26.8 Å². The number of primary amides is 1. The fourth-order valence-electron chi connectivity index (χ4n) is 4.57. The lowest BCUT2D eigenvalue weighted by Gasteiger charge is -2.35. The van der Waals surface area contributed by atoms with Crippen molar-refractivity contribution in [1.29, 1.82) is 0 Å². The first-order valence-electron chi connectivity index (χ1n) is 12.5. The number of β-amino-alcohol motifs (C(OH)–C–C–N with tert-alkyl or cyclic N) is 1. The zero-order chi connectivity index (χ0) is 28.2. The fraction of sp³-hybridized carbons (Fsp3) is 0.429. The average molecular weight is 543 g/mol. The molecular weight excluding hydrogens is 508 g/mol. The van der Waals surface area contributed by atoms with Gasteiger partial charge in [0.05, 0.1) is 6.10 Å². The predicted octanol–water partition coefficient (Wildman–Crippen LogP) is 2.03. The van der Waals surface area contributed by atoms with Crippen LogP contribution in [-0.4, -0.2) is 64.4 Å². The lowest BCUT2D eigenvalue weighted by atomic mass is 9.85. The van der Waals surface area contributed by atoms with E-state index in [9.17, 15) is 24.3 Å². The Morgan fingerprint density at radius 1 is 1.08 bits per heavy atom. The molecule has 5 N–H and O–H groups in total. The van der Waals surface area contributed by atoms with Gasteiger partial charge in [-0.1, -0.05) is 74.8 Å². The summed E-state index contributed by atoms with van der Waals surface area (Å²) in [5.41, 5.74) is 7.51. The molecule has 1 aliphatic heterocycles. The Balaban J connectivity index is 1.75. The van der Waals surface area contributed by atoms with Crippen LogP contribution < -0.4 is 16.4 Å². The molecule has 38 heavy (non-hydrogen) atoms. The molecule has 1 fully saturated rings. The third-order valence-corrected chi connectivity index (χ3v) is 6.89. The van der Waals surface area contributed by atoms with Gasteiger partial charge in [-0.15, -0.1) is 0 Å². The Bertz CT molecular complexity index is 1190. The SMILES string of the molecule is CC(=O)N[C@H](C(=O)N1C[C@H](O)C[C@H]1C(=O)N[C@H](Cc1ccc(-c2ccccc2Cl)cc1)C(N)=O)C(C)(C)C. The van der Waals surface area contributed by atoms with Crippen molar-refractivity contribution in [2.45, 2.75) is 64.8 Å². The van der Waals surface area contributed by atoms with Crippen LogP contribution in [0.4, 0.5) is 0 Å². The predicted molar refractivity (Wildman–Crippen MR) is 145 cm³/mol. The number of nitrogens with one attached hydrogen (secondary N) is 2. The van der Waals surface area contributed by atoms with Crippen LogP contribution >= 0.6 is 11.6 Å². The summed E-state index contributed by atoms with van der Waals surface area (Å²) in [6.07, 6.45) is -0.770. The quantitative estimate of drug-likeness (QED) is 0.404. The van der Waals surface area contributed by atoms with E-state index in [0.29, 0.717) is 5.02 Å². The average Bonchev–Trinajstić information content (AvgIpc) is 3.23. The molecule has 2 aromatic rings. The van der Waals surface area contributed by atoms with Crippen LogP contribution in [0.5, 0.6) is 0 Å². The van der Waals surface area contributed by atoms with Crippen LogP contribution in [0.25, 0.3) is 11.1 Å². The van der Waals surface area contributed by atoms with Crippen LogP contribution in [0.1, 0.15) is 39.7 Å². The summed E-state index contributed by atoms with van der Waals surface area (Å²) >= 11 is 6.28. The molecule has 2 aromatic carbocycles. The molecule has 1 aliphatic rings. The molecule has 0 aliphatic carbocycles. The number of likely N-dealkylation sites (tertiary alicyclic amines) is 1. The first kappa shape index (κ1) is 29.1. The number of nitrogens with two attached hydrogens (primary N) is 1. The van der Waals surface area contributed by atoms with Gasteiger partial charge in [-0.3, -0.25) is 19.2 Å². The van der Waals surface area contributed by atoms with Gasteiger partial charge in [0.1, 0.15) is 18.1 Å². The first-order valence-corrected chi connectivity index (χ1v) is 12.8. The summed E-state index contributed by atoms with van der Waals surface area (Å²) in [7, 11) is 0. The second-order valence-electron chi connectivity index (χ2n) is 10.7. The Kier molecular flexibility index (Phi) is 9.17. The van der Waals surface area contributed by atoms with E-state index in [-0.39, 0.29) is 25.3 Å². The van der Waals surface area contributed by atoms with E-state index in [2.05, 4.69) is 10.6 Å². The van der Waals surface area contributed by atoms with E-state index >= 15 is 0 Å². The largest absolute Gasteiger partial charge is 0.391 e. The minimum absolute atomic E-state index is 0.00647. The van der Waals surface area contributed by atoms with Crippen molar-refractivity contribution >= 4 is 35.2 Å². The Labute approximate surface area is 227 Å². The third kappa shape index (κ3) is 7.11. The zero-order valence-electron chi connectivity index (χ0n) is 22.0. The molecule has 204 valence electrons. The van der Waals surface area contributed by atoms with Gasteiger partial charge in [0.2, 0.25) is 23.6 Å². The van der Waals surface area contributed by atoms with Crippen molar-refractivity contribution in [1.82, 2.24) is 15.5 Å². The van der Waals surface area contributed by atoms with E-state index in [1.807, 2.05) is 42.5 Å². The minimum Gasteiger partial charge on any atom is -0.391 e. The van der Waals surface area contributed by atoms with Gasteiger partial charge in [0.25, 0.3) is 0 Å². The highest BCUT2D eigenvalue weighted by Crippen LogP contribution is 2.28. The van der Waals surface area contributed by atoms with E-state index < -0.39 is 47.4 Å². The normalized spacial score (nSPS) is 18.9. The van der Waals surface area contributed by atoms with Gasteiger partial charge >= 0.3 is 0 Å². The maximum atomic E-state index is 13.4. The lowest BCUT2D eigenvalue weighted by molar-refractivity contribution is -0.144. The topological polar surface area (TPSA) is 142 Å². The number of carbonyl (C=O) groups is 4. The monoisotopic (exact) mass is 542 g/mol. The number of halogens is 1. The molecule has 0 saturated carbocycles. The number of amides is 4. The van der Waals surface area contributed by atoms with Gasteiger partial charge in [0, 0.05) is 36.9 Å². The molecule has 0 unspecified atom stereocenters. The van der Waals surface area contributed by atoms with Crippen molar-refractivity contribution in [2.75, 3.05) is 6.54 Å². The lowest BCUT2D eigenvalue weighted by Crippen LogP contribution is -2.58. The number of aliphatic hydroxyl groups is 1. The van der Waals surface area contributed by atoms with Gasteiger partial charge < -0.3 is 26.4 Å². The van der Waals surface area contributed by atoms with E-state index in [0.717, 1.165) is 16.7 Å². The summed E-state index contributed by atoms with van der Waals surface area (Å²) in [6, 6.07) is 11.9. The Morgan fingerprint density at radius 2 is 1.71 bits per heavy atom. The van der Waals surface area contributed by atoms with Gasteiger partial charge in [-0.25, -0.2) is 0 Å². The number of benzene rings is 2.